The van der Waals surface area contributed by atoms with Crippen LogP contribution in [0.1, 0.15) is 47.7 Å². The van der Waals surface area contributed by atoms with E-state index in [9.17, 15) is 14.9 Å². The van der Waals surface area contributed by atoms with Crippen LogP contribution in [0.3, 0.4) is 0 Å². The first kappa shape index (κ1) is 26.3. The number of rotatable bonds is 6. The van der Waals surface area contributed by atoms with Crippen molar-refractivity contribution in [2.24, 2.45) is 5.92 Å². The van der Waals surface area contributed by atoms with Crippen molar-refractivity contribution in [3.8, 4) is 5.69 Å². The van der Waals surface area contributed by atoms with Crippen LogP contribution in [0, 0.1) is 29.9 Å². The lowest BCUT2D eigenvalue weighted by Crippen LogP contribution is -2.35. The van der Waals surface area contributed by atoms with Gasteiger partial charge in [0, 0.05) is 49.8 Å². The summed E-state index contributed by atoms with van der Waals surface area (Å²) in [5.41, 5.74) is 3.41. The molecule has 0 atom stereocenters. The zero-order chi connectivity index (χ0) is 27.7. The molecule has 0 saturated carbocycles. The highest BCUT2D eigenvalue weighted by atomic mass is 16.6. The summed E-state index contributed by atoms with van der Waals surface area (Å²) >= 11 is 0. The molecule has 0 N–H and O–H groups in total. The minimum Gasteiger partial charge on any atom is -0.354 e. The quantitative estimate of drug-likeness (QED) is 0.259. The van der Waals surface area contributed by atoms with Crippen molar-refractivity contribution in [1.29, 1.82) is 0 Å². The van der Waals surface area contributed by atoms with Crippen LogP contribution in [0.2, 0.25) is 0 Å². The molecule has 0 spiro atoms. The first-order chi connectivity index (χ1) is 18.7. The van der Waals surface area contributed by atoms with Crippen molar-refractivity contribution in [2.75, 3.05) is 31.1 Å². The van der Waals surface area contributed by atoms with Gasteiger partial charge in [-0.05, 0) is 44.4 Å². The van der Waals surface area contributed by atoms with E-state index < -0.39 is 4.92 Å². The molecule has 1 amide bonds. The van der Waals surface area contributed by atoms with Crippen LogP contribution in [-0.2, 0) is 6.42 Å². The van der Waals surface area contributed by atoms with Crippen LogP contribution >= 0.6 is 0 Å². The first-order valence-electron chi connectivity index (χ1n) is 13.3. The smallest absolute Gasteiger partial charge is 0.273 e. The number of hydrogen-bond donors (Lipinski definition) is 0. The third-order valence-electron chi connectivity index (χ3n) is 7.06. The van der Waals surface area contributed by atoms with E-state index in [4.69, 9.17) is 15.1 Å². The number of nitro groups is 1. The van der Waals surface area contributed by atoms with Crippen LogP contribution in [0.5, 0.6) is 0 Å². The summed E-state index contributed by atoms with van der Waals surface area (Å²) in [5.74, 6) is 1.81. The monoisotopic (exact) mass is 527 g/mol. The normalized spacial score (nSPS) is 14.2. The van der Waals surface area contributed by atoms with Crippen LogP contribution in [0.4, 0.5) is 11.5 Å². The summed E-state index contributed by atoms with van der Waals surface area (Å²) in [7, 11) is 0. The number of aromatic nitrogens is 4. The van der Waals surface area contributed by atoms with Crippen LogP contribution in [0.25, 0.3) is 16.7 Å². The van der Waals surface area contributed by atoms with Gasteiger partial charge in [-0.2, -0.15) is 5.10 Å². The number of hydrogen-bond acceptors (Lipinski definition) is 7. The summed E-state index contributed by atoms with van der Waals surface area (Å²) in [6.45, 7) is 10.3. The number of anilines is 1. The van der Waals surface area contributed by atoms with Gasteiger partial charge in [0.25, 0.3) is 11.6 Å². The highest BCUT2D eigenvalue weighted by Gasteiger charge is 2.26. The van der Waals surface area contributed by atoms with Gasteiger partial charge in [-0.1, -0.05) is 38.1 Å². The van der Waals surface area contributed by atoms with Gasteiger partial charge in [0.05, 0.1) is 21.7 Å². The van der Waals surface area contributed by atoms with E-state index in [0.29, 0.717) is 36.7 Å². The summed E-state index contributed by atoms with van der Waals surface area (Å²) in [6.07, 6.45) is 1.49. The standard InChI is InChI=1S/C29H33N7O3/c1-19(2)17-25-30-27(26-21(4)32-35(28(26)31-25)23-9-6-5-7-10-23)33-13-8-14-34(16-15-33)29(37)22-12-11-20(3)24(18-22)36(38)39/h5-7,9-12,18-19H,8,13-17H2,1-4H3. The molecule has 3 heterocycles. The lowest BCUT2D eigenvalue weighted by Gasteiger charge is -2.24. The van der Waals surface area contributed by atoms with E-state index in [1.165, 1.54) is 6.07 Å². The second kappa shape index (κ2) is 10.8. The highest BCUT2D eigenvalue weighted by molar-refractivity contribution is 5.95. The molecule has 0 aliphatic carbocycles. The predicted molar refractivity (Wildman–Crippen MR) is 151 cm³/mol. The van der Waals surface area contributed by atoms with E-state index in [1.54, 1.807) is 24.0 Å². The van der Waals surface area contributed by atoms with Crippen molar-refractivity contribution in [3.05, 3.63) is 81.3 Å². The number of carbonyl (C=O) groups is 1. The molecule has 0 bridgehead atoms. The zero-order valence-corrected chi connectivity index (χ0v) is 22.8. The Labute approximate surface area is 227 Å². The number of para-hydroxylation sites is 1. The maximum Gasteiger partial charge on any atom is 0.273 e. The Morgan fingerprint density at radius 1 is 1.03 bits per heavy atom. The number of amides is 1. The third-order valence-corrected chi connectivity index (χ3v) is 7.06. The molecular formula is C29H33N7O3. The second-order valence-corrected chi connectivity index (χ2v) is 10.5. The van der Waals surface area contributed by atoms with Crippen LogP contribution in [0.15, 0.2) is 48.5 Å². The number of aryl methyl sites for hydroxylation is 2. The number of benzene rings is 2. The van der Waals surface area contributed by atoms with Crippen LogP contribution in [-0.4, -0.2) is 61.7 Å². The van der Waals surface area contributed by atoms with E-state index in [-0.39, 0.29) is 11.6 Å². The lowest BCUT2D eigenvalue weighted by atomic mass is 10.1. The number of nitrogens with zero attached hydrogens (tertiary/aromatic N) is 7. The summed E-state index contributed by atoms with van der Waals surface area (Å²) < 4.78 is 1.89. The number of nitro benzene ring substituents is 1. The van der Waals surface area contributed by atoms with E-state index in [2.05, 4.69) is 18.7 Å². The minimum atomic E-state index is -0.441. The van der Waals surface area contributed by atoms with E-state index in [1.807, 2.05) is 41.9 Å². The highest BCUT2D eigenvalue weighted by Crippen LogP contribution is 2.30. The van der Waals surface area contributed by atoms with Crippen molar-refractivity contribution in [3.63, 3.8) is 0 Å². The van der Waals surface area contributed by atoms with E-state index in [0.717, 1.165) is 53.4 Å². The molecule has 1 saturated heterocycles. The maximum atomic E-state index is 13.3. The second-order valence-electron chi connectivity index (χ2n) is 10.5. The van der Waals surface area contributed by atoms with Gasteiger partial charge in [-0.3, -0.25) is 14.9 Å². The zero-order valence-electron chi connectivity index (χ0n) is 22.8. The van der Waals surface area contributed by atoms with E-state index >= 15 is 0 Å². The SMILES string of the molecule is Cc1ccc(C(=O)N2CCCN(c3nc(CC(C)C)nc4c3c(C)nn4-c3ccccc3)CC2)cc1[N+](=O)[O-]. The topological polar surface area (TPSA) is 110 Å². The molecule has 0 unspecified atom stereocenters. The fourth-order valence-corrected chi connectivity index (χ4v) is 5.09. The first-order valence-corrected chi connectivity index (χ1v) is 13.3. The molecule has 10 nitrogen and oxygen atoms in total. The van der Waals surface area contributed by atoms with Gasteiger partial charge in [0.2, 0.25) is 0 Å². The molecule has 5 rings (SSSR count). The molecule has 4 aromatic rings. The van der Waals surface area contributed by atoms with Crippen molar-refractivity contribution >= 4 is 28.4 Å². The Bertz CT molecular complexity index is 1530. The Morgan fingerprint density at radius 3 is 2.51 bits per heavy atom. The largest absolute Gasteiger partial charge is 0.354 e. The lowest BCUT2D eigenvalue weighted by molar-refractivity contribution is -0.385. The molecule has 10 heteroatoms. The Balaban J connectivity index is 1.48. The Kier molecular flexibility index (Phi) is 7.28. The molecule has 202 valence electrons. The van der Waals surface area contributed by atoms with Crippen molar-refractivity contribution in [2.45, 2.75) is 40.5 Å². The molecule has 1 aliphatic heterocycles. The maximum absolute atomic E-state index is 13.3. The Hall–Kier alpha value is -4.34. The molecule has 0 radical (unpaired) electrons. The van der Waals surface area contributed by atoms with Crippen molar-refractivity contribution in [1.82, 2.24) is 24.6 Å². The molecule has 2 aromatic carbocycles. The number of carbonyl (C=O) groups excluding carboxylic acids is 1. The molecule has 1 aliphatic rings. The van der Waals surface area contributed by atoms with Crippen molar-refractivity contribution < 1.29 is 9.72 Å². The third kappa shape index (κ3) is 5.32. The fourth-order valence-electron chi connectivity index (χ4n) is 5.09. The van der Waals surface area contributed by atoms with Gasteiger partial charge in [0.1, 0.15) is 11.6 Å². The predicted octanol–water partition coefficient (Wildman–Crippen LogP) is 4.89. The van der Waals surface area contributed by atoms with Gasteiger partial charge in [0.15, 0.2) is 5.65 Å². The summed E-state index contributed by atoms with van der Waals surface area (Å²) in [6, 6.07) is 14.7. The molecule has 39 heavy (non-hydrogen) atoms. The molecular weight excluding hydrogens is 494 g/mol. The molecule has 1 fully saturated rings. The average molecular weight is 528 g/mol. The fraction of sp³-hybridized carbons (Fsp3) is 0.379. The summed E-state index contributed by atoms with van der Waals surface area (Å²) in [5, 5.41) is 17.2. The molecule has 2 aromatic heterocycles. The average Bonchev–Trinajstić information content (AvgIpc) is 3.08. The minimum absolute atomic E-state index is 0.0377. The van der Waals surface area contributed by atoms with Gasteiger partial charge >= 0.3 is 0 Å². The van der Waals surface area contributed by atoms with Gasteiger partial charge in [-0.15, -0.1) is 0 Å². The van der Waals surface area contributed by atoms with Gasteiger partial charge in [-0.25, -0.2) is 14.6 Å². The summed E-state index contributed by atoms with van der Waals surface area (Å²) in [4.78, 5) is 38.3. The number of fused-ring (bicyclic) bond motifs is 1. The Morgan fingerprint density at radius 2 is 1.79 bits per heavy atom. The van der Waals surface area contributed by atoms with Crippen LogP contribution < -0.4 is 4.90 Å². The van der Waals surface area contributed by atoms with Gasteiger partial charge < -0.3 is 9.80 Å².